The first-order valence-corrected chi connectivity index (χ1v) is 10.5. The summed E-state index contributed by atoms with van der Waals surface area (Å²) >= 11 is 0. The van der Waals surface area contributed by atoms with E-state index in [0.717, 1.165) is 32.8 Å². The van der Waals surface area contributed by atoms with Crippen LogP contribution in [0.15, 0.2) is 53.5 Å². The first-order valence-electron chi connectivity index (χ1n) is 10.5. The Hall–Kier alpha value is -4.28. The Bertz CT molecular complexity index is 1010. The number of aliphatic imine (C=N–C) groups is 1. The normalized spacial score (nSPS) is 13.2. The molecule has 182 valence electrons. The standard InChI is InChI=1S/C17H18N4O5.C6H10O2/c1-24-16(22)20-15(21-17(23)25-2)19-14-10-12(8-9-13(14)18)26-11-6-4-3-5-7-11;7-6(8)5-3-1-2-4-5/h3-10H,18H2,1-2H3,(H2,19,20,21,22,23);5H,1-4H2,(H,7,8). The molecular weight excluding hydrogens is 444 g/mol. The predicted molar refractivity (Wildman–Crippen MR) is 126 cm³/mol. The molecule has 11 heteroatoms. The number of carboxylic acids is 1. The van der Waals surface area contributed by atoms with Gasteiger partial charge in [-0.15, -0.1) is 4.99 Å². The van der Waals surface area contributed by atoms with E-state index in [9.17, 15) is 14.4 Å². The van der Waals surface area contributed by atoms with Crippen molar-refractivity contribution < 1.29 is 33.7 Å². The fourth-order valence-electron chi connectivity index (χ4n) is 3.00. The van der Waals surface area contributed by atoms with Crippen molar-refractivity contribution in [3.8, 4) is 11.5 Å². The van der Waals surface area contributed by atoms with Crippen LogP contribution in [0, 0.1) is 5.92 Å². The average Bonchev–Trinajstić information content (AvgIpc) is 3.37. The molecule has 2 amide bonds. The third-order valence-electron chi connectivity index (χ3n) is 4.74. The van der Waals surface area contributed by atoms with Gasteiger partial charge in [-0.25, -0.2) is 9.59 Å². The molecule has 2 aromatic rings. The fraction of sp³-hybridized carbons (Fsp3) is 0.304. The van der Waals surface area contributed by atoms with E-state index in [4.69, 9.17) is 15.6 Å². The second-order valence-corrected chi connectivity index (χ2v) is 7.16. The maximum absolute atomic E-state index is 11.4. The number of carbonyl (C=O) groups is 3. The Kier molecular flexibility index (Phi) is 10.2. The lowest BCUT2D eigenvalue weighted by Crippen LogP contribution is -2.36. The van der Waals surface area contributed by atoms with Crippen LogP contribution in [0.25, 0.3) is 0 Å². The Morgan fingerprint density at radius 1 is 1.00 bits per heavy atom. The third-order valence-corrected chi connectivity index (χ3v) is 4.74. The molecule has 2 aromatic carbocycles. The number of benzene rings is 2. The molecule has 0 radical (unpaired) electrons. The van der Waals surface area contributed by atoms with Crippen molar-refractivity contribution in [2.75, 3.05) is 25.3 Å². The minimum absolute atomic E-state index is 0.0185. The number of nitrogens with zero attached hydrogens (tertiary/aromatic N) is 1. The smallest absolute Gasteiger partial charge is 0.436 e. The van der Waals surface area contributed by atoms with Gasteiger partial charge < -0.3 is 30.4 Å². The molecule has 1 fully saturated rings. The van der Waals surface area contributed by atoms with Gasteiger partial charge in [-0.3, -0.25) is 10.1 Å². The summed E-state index contributed by atoms with van der Waals surface area (Å²) in [5, 5.41) is 13.4. The van der Waals surface area contributed by atoms with Crippen LogP contribution in [-0.4, -0.2) is 43.4 Å². The van der Waals surface area contributed by atoms with Crippen LogP contribution in [0.3, 0.4) is 0 Å². The molecule has 11 nitrogen and oxygen atoms in total. The molecule has 1 saturated carbocycles. The third kappa shape index (κ3) is 8.69. The number of nitrogens with two attached hydrogens (primary N) is 1. The van der Waals surface area contributed by atoms with Crippen molar-refractivity contribution in [2.24, 2.45) is 10.9 Å². The van der Waals surface area contributed by atoms with Gasteiger partial charge in [0, 0.05) is 6.07 Å². The molecule has 0 aliphatic heterocycles. The zero-order valence-electron chi connectivity index (χ0n) is 18.9. The lowest BCUT2D eigenvalue weighted by Gasteiger charge is -2.14. The molecule has 0 heterocycles. The van der Waals surface area contributed by atoms with E-state index in [1.165, 1.54) is 7.11 Å². The van der Waals surface area contributed by atoms with E-state index >= 15 is 0 Å². The van der Waals surface area contributed by atoms with Crippen molar-refractivity contribution in [1.29, 1.82) is 0 Å². The Morgan fingerprint density at radius 2 is 1.68 bits per heavy atom. The van der Waals surface area contributed by atoms with E-state index in [0.29, 0.717) is 22.9 Å². The molecule has 0 atom stereocenters. The number of rotatable bonds is 4. The maximum Gasteiger partial charge on any atom is 0.436 e. The summed E-state index contributed by atoms with van der Waals surface area (Å²) in [5.74, 6) is 0.285. The number of hydrogen-bond acceptors (Lipinski definition) is 7. The number of nitrogens with one attached hydrogen (secondary N) is 2. The number of methoxy groups -OCH3 is 2. The highest BCUT2D eigenvalue weighted by Crippen LogP contribution is 2.28. The fourth-order valence-corrected chi connectivity index (χ4v) is 3.00. The molecule has 0 saturated heterocycles. The number of nitrogen functional groups attached to an aromatic ring is 1. The molecule has 5 N–H and O–H groups in total. The second kappa shape index (κ2) is 13.3. The number of guanidine groups is 1. The lowest BCUT2D eigenvalue weighted by atomic mass is 10.1. The molecule has 34 heavy (non-hydrogen) atoms. The monoisotopic (exact) mass is 472 g/mol. The summed E-state index contributed by atoms with van der Waals surface area (Å²) in [6, 6.07) is 14.0. The van der Waals surface area contributed by atoms with Gasteiger partial charge in [0.05, 0.1) is 31.5 Å². The van der Waals surface area contributed by atoms with Crippen molar-refractivity contribution in [2.45, 2.75) is 25.7 Å². The molecule has 0 bridgehead atoms. The number of ether oxygens (including phenoxy) is 3. The number of para-hydroxylation sites is 1. The van der Waals surface area contributed by atoms with E-state index in [2.05, 4.69) is 25.1 Å². The number of amides is 2. The van der Waals surface area contributed by atoms with Crippen LogP contribution in [0.1, 0.15) is 25.7 Å². The van der Waals surface area contributed by atoms with Crippen molar-refractivity contribution in [3.05, 3.63) is 48.5 Å². The van der Waals surface area contributed by atoms with Crippen molar-refractivity contribution in [1.82, 2.24) is 5.32 Å². The number of anilines is 2. The molecule has 1 aliphatic rings. The molecule has 3 rings (SSSR count). The lowest BCUT2D eigenvalue weighted by molar-refractivity contribution is -0.141. The highest BCUT2D eigenvalue weighted by molar-refractivity contribution is 6.07. The number of alkyl carbamates (subject to hydrolysis) is 1. The van der Waals surface area contributed by atoms with Gasteiger partial charge in [-0.1, -0.05) is 31.0 Å². The van der Waals surface area contributed by atoms with Gasteiger partial charge in [-0.05, 0) is 37.1 Å². The molecular formula is C23H28N4O7. The number of carboxylic acid groups (broad SMARTS) is 1. The summed E-state index contributed by atoms with van der Waals surface area (Å²) in [5.41, 5.74) is 6.63. The SMILES string of the molecule is COC(=O)N=C(NC(=O)OC)Nc1cc(Oc2ccccc2)ccc1N.O=C(O)C1CCCC1. The molecule has 0 unspecified atom stereocenters. The van der Waals surface area contributed by atoms with Crippen LogP contribution in [-0.2, 0) is 14.3 Å². The van der Waals surface area contributed by atoms with Gasteiger partial charge in [0.2, 0.25) is 5.96 Å². The van der Waals surface area contributed by atoms with E-state index in [1.807, 2.05) is 18.2 Å². The topological polar surface area (TPSA) is 162 Å². The average molecular weight is 472 g/mol. The van der Waals surface area contributed by atoms with Crippen LogP contribution >= 0.6 is 0 Å². The maximum atomic E-state index is 11.4. The van der Waals surface area contributed by atoms with Gasteiger partial charge in [0.25, 0.3) is 0 Å². The highest BCUT2D eigenvalue weighted by Gasteiger charge is 2.21. The van der Waals surface area contributed by atoms with Gasteiger partial charge in [0.15, 0.2) is 0 Å². The largest absolute Gasteiger partial charge is 0.481 e. The van der Waals surface area contributed by atoms with Crippen LogP contribution in [0.4, 0.5) is 21.0 Å². The predicted octanol–water partition coefficient (Wildman–Crippen LogP) is 4.21. The van der Waals surface area contributed by atoms with E-state index in [-0.39, 0.29) is 11.9 Å². The Labute approximate surface area is 196 Å². The molecule has 0 aromatic heterocycles. The summed E-state index contributed by atoms with van der Waals surface area (Å²) in [7, 11) is 2.33. The molecule has 1 aliphatic carbocycles. The van der Waals surface area contributed by atoms with E-state index < -0.39 is 18.2 Å². The number of carbonyl (C=O) groups excluding carboxylic acids is 2. The van der Waals surface area contributed by atoms with Crippen LogP contribution in [0.2, 0.25) is 0 Å². The first-order chi connectivity index (χ1) is 16.3. The Balaban J connectivity index is 0.000000430. The van der Waals surface area contributed by atoms with Crippen molar-refractivity contribution >= 4 is 35.5 Å². The minimum atomic E-state index is -0.917. The second-order valence-electron chi connectivity index (χ2n) is 7.16. The van der Waals surface area contributed by atoms with Crippen LogP contribution < -0.4 is 21.1 Å². The quantitative estimate of drug-likeness (QED) is 0.290. The summed E-state index contributed by atoms with van der Waals surface area (Å²) in [6.45, 7) is 0. The van der Waals surface area contributed by atoms with Crippen LogP contribution in [0.5, 0.6) is 11.5 Å². The summed E-state index contributed by atoms with van der Waals surface area (Å²) in [6.07, 6.45) is 2.27. The zero-order chi connectivity index (χ0) is 24.9. The highest BCUT2D eigenvalue weighted by atomic mass is 16.5. The number of aliphatic carboxylic acids is 1. The van der Waals surface area contributed by atoms with Gasteiger partial charge in [0.1, 0.15) is 11.5 Å². The van der Waals surface area contributed by atoms with E-state index in [1.54, 1.807) is 30.3 Å². The zero-order valence-corrected chi connectivity index (χ0v) is 18.9. The first kappa shape index (κ1) is 26.0. The molecule has 0 spiro atoms. The van der Waals surface area contributed by atoms with Gasteiger partial charge >= 0.3 is 18.2 Å². The van der Waals surface area contributed by atoms with Gasteiger partial charge in [-0.2, -0.15) is 0 Å². The summed E-state index contributed by atoms with van der Waals surface area (Å²) in [4.78, 5) is 36.6. The number of hydrogen-bond donors (Lipinski definition) is 4. The Morgan fingerprint density at radius 3 is 2.24 bits per heavy atom. The minimum Gasteiger partial charge on any atom is -0.481 e. The summed E-state index contributed by atoms with van der Waals surface area (Å²) < 4.78 is 14.7. The van der Waals surface area contributed by atoms with Crippen molar-refractivity contribution in [3.63, 3.8) is 0 Å².